The summed E-state index contributed by atoms with van der Waals surface area (Å²) in [6.45, 7) is 6.80. The molecule has 2 nitrogen and oxygen atoms in total. The zero-order chi connectivity index (χ0) is 9.80. The number of ether oxygens (including phenoxy) is 1. The maximum atomic E-state index is 5.86. The molecule has 2 fully saturated rings. The summed E-state index contributed by atoms with van der Waals surface area (Å²) in [5, 5.41) is 0. The number of morpholine rings is 1. The maximum Gasteiger partial charge on any atom is 0.0778 e. The fraction of sp³-hybridized carbons (Fsp3) is 0.833. The van der Waals surface area contributed by atoms with E-state index in [1.165, 1.54) is 32.1 Å². The SMILES string of the molecule is C=CN1CCOC(C2CCCCC2)C1. The Kier molecular flexibility index (Phi) is 3.46. The van der Waals surface area contributed by atoms with Crippen LogP contribution in [0, 0.1) is 5.92 Å². The van der Waals surface area contributed by atoms with Crippen molar-refractivity contribution in [1.82, 2.24) is 4.90 Å². The number of rotatable bonds is 2. The van der Waals surface area contributed by atoms with Crippen molar-refractivity contribution >= 4 is 0 Å². The van der Waals surface area contributed by atoms with E-state index >= 15 is 0 Å². The minimum Gasteiger partial charge on any atom is -0.374 e. The van der Waals surface area contributed by atoms with Crippen molar-refractivity contribution < 1.29 is 4.74 Å². The molecule has 1 heterocycles. The fourth-order valence-electron chi connectivity index (χ4n) is 2.65. The molecule has 0 amide bonds. The zero-order valence-corrected chi connectivity index (χ0v) is 8.95. The van der Waals surface area contributed by atoms with Crippen LogP contribution in [0.2, 0.25) is 0 Å². The molecule has 0 spiro atoms. The van der Waals surface area contributed by atoms with Crippen molar-refractivity contribution in [2.45, 2.75) is 38.2 Å². The van der Waals surface area contributed by atoms with Gasteiger partial charge in [0.05, 0.1) is 12.7 Å². The minimum absolute atomic E-state index is 0.474. The highest BCUT2D eigenvalue weighted by molar-refractivity contribution is 4.83. The fourth-order valence-corrected chi connectivity index (χ4v) is 2.65. The third-order valence-electron chi connectivity index (χ3n) is 3.56. The van der Waals surface area contributed by atoms with Gasteiger partial charge < -0.3 is 9.64 Å². The Bertz CT molecular complexity index is 187. The topological polar surface area (TPSA) is 12.5 Å². The van der Waals surface area contributed by atoms with Gasteiger partial charge in [-0.2, -0.15) is 0 Å². The Labute approximate surface area is 86.9 Å². The summed E-state index contributed by atoms with van der Waals surface area (Å²) in [7, 11) is 0. The van der Waals surface area contributed by atoms with Crippen molar-refractivity contribution in [3.8, 4) is 0 Å². The van der Waals surface area contributed by atoms with E-state index < -0.39 is 0 Å². The van der Waals surface area contributed by atoms with Gasteiger partial charge >= 0.3 is 0 Å². The van der Waals surface area contributed by atoms with Gasteiger partial charge in [-0.05, 0) is 25.0 Å². The molecule has 80 valence electrons. The summed E-state index contributed by atoms with van der Waals surface area (Å²) in [6.07, 6.45) is 9.40. The largest absolute Gasteiger partial charge is 0.374 e. The van der Waals surface area contributed by atoms with Gasteiger partial charge in [0.15, 0.2) is 0 Å². The van der Waals surface area contributed by atoms with Crippen LogP contribution in [0.3, 0.4) is 0 Å². The zero-order valence-electron chi connectivity index (χ0n) is 8.95. The van der Waals surface area contributed by atoms with Gasteiger partial charge in [0.2, 0.25) is 0 Å². The summed E-state index contributed by atoms with van der Waals surface area (Å²) >= 11 is 0. The lowest BCUT2D eigenvalue weighted by Crippen LogP contribution is -2.43. The van der Waals surface area contributed by atoms with E-state index in [1.54, 1.807) is 0 Å². The Morgan fingerprint density at radius 3 is 2.71 bits per heavy atom. The molecule has 1 aliphatic carbocycles. The predicted molar refractivity (Wildman–Crippen MR) is 58.1 cm³/mol. The van der Waals surface area contributed by atoms with E-state index in [1.807, 2.05) is 6.20 Å². The van der Waals surface area contributed by atoms with E-state index in [2.05, 4.69) is 11.5 Å². The molecule has 2 aliphatic rings. The second-order valence-electron chi connectivity index (χ2n) is 4.48. The predicted octanol–water partition coefficient (Wildman–Crippen LogP) is 2.41. The Morgan fingerprint density at radius 1 is 1.21 bits per heavy atom. The van der Waals surface area contributed by atoms with Gasteiger partial charge in [-0.25, -0.2) is 0 Å². The highest BCUT2D eigenvalue weighted by atomic mass is 16.5. The highest BCUT2D eigenvalue weighted by Crippen LogP contribution is 2.29. The van der Waals surface area contributed by atoms with Crippen molar-refractivity contribution in [3.05, 3.63) is 12.8 Å². The maximum absolute atomic E-state index is 5.86. The van der Waals surface area contributed by atoms with E-state index in [-0.39, 0.29) is 0 Å². The molecule has 1 saturated heterocycles. The molecule has 1 saturated carbocycles. The molecule has 2 rings (SSSR count). The number of nitrogens with zero attached hydrogens (tertiary/aromatic N) is 1. The lowest BCUT2D eigenvalue weighted by atomic mass is 9.84. The molecule has 0 aromatic heterocycles. The van der Waals surface area contributed by atoms with Crippen LogP contribution in [-0.2, 0) is 4.74 Å². The smallest absolute Gasteiger partial charge is 0.0778 e. The first-order chi connectivity index (χ1) is 6.90. The molecular formula is C12H21NO. The Hall–Kier alpha value is -0.500. The minimum atomic E-state index is 0.474. The lowest BCUT2D eigenvalue weighted by molar-refractivity contribution is -0.0520. The molecule has 2 heteroatoms. The monoisotopic (exact) mass is 195 g/mol. The van der Waals surface area contributed by atoms with Gasteiger partial charge in [-0.1, -0.05) is 25.8 Å². The molecule has 1 atom stereocenters. The van der Waals surface area contributed by atoms with Gasteiger partial charge in [0.1, 0.15) is 0 Å². The molecule has 0 radical (unpaired) electrons. The van der Waals surface area contributed by atoms with Crippen molar-refractivity contribution in [3.63, 3.8) is 0 Å². The van der Waals surface area contributed by atoms with Crippen LogP contribution in [0.4, 0.5) is 0 Å². The molecule has 0 aromatic carbocycles. The first-order valence-electron chi connectivity index (χ1n) is 5.88. The summed E-state index contributed by atoms with van der Waals surface area (Å²) in [4.78, 5) is 2.29. The van der Waals surface area contributed by atoms with E-state index in [4.69, 9.17) is 4.74 Å². The first kappa shape index (κ1) is 10.0. The van der Waals surface area contributed by atoms with Crippen LogP contribution in [-0.4, -0.2) is 30.7 Å². The van der Waals surface area contributed by atoms with Gasteiger partial charge in [0, 0.05) is 13.1 Å². The normalized spacial score (nSPS) is 30.3. The second-order valence-corrected chi connectivity index (χ2v) is 4.48. The summed E-state index contributed by atoms with van der Waals surface area (Å²) in [6, 6.07) is 0. The van der Waals surface area contributed by atoms with Crippen LogP contribution >= 0.6 is 0 Å². The van der Waals surface area contributed by atoms with Crippen molar-refractivity contribution in [2.75, 3.05) is 19.7 Å². The van der Waals surface area contributed by atoms with Crippen LogP contribution in [0.1, 0.15) is 32.1 Å². The molecule has 1 unspecified atom stereocenters. The van der Waals surface area contributed by atoms with Crippen LogP contribution in [0.25, 0.3) is 0 Å². The summed E-state index contributed by atoms with van der Waals surface area (Å²) < 4.78 is 5.86. The standard InChI is InChI=1S/C12H21NO/c1-2-13-8-9-14-12(10-13)11-6-4-3-5-7-11/h2,11-12H,1,3-10H2. The van der Waals surface area contributed by atoms with Crippen molar-refractivity contribution in [1.29, 1.82) is 0 Å². The van der Waals surface area contributed by atoms with E-state index in [0.29, 0.717) is 6.10 Å². The van der Waals surface area contributed by atoms with Gasteiger partial charge in [-0.3, -0.25) is 0 Å². The van der Waals surface area contributed by atoms with Crippen molar-refractivity contribution in [2.24, 2.45) is 5.92 Å². The third kappa shape index (κ3) is 2.30. The van der Waals surface area contributed by atoms with Crippen LogP contribution in [0.15, 0.2) is 12.8 Å². The second kappa shape index (κ2) is 4.83. The molecule has 1 aliphatic heterocycles. The molecule has 0 bridgehead atoms. The number of hydrogen-bond acceptors (Lipinski definition) is 2. The number of hydrogen-bond donors (Lipinski definition) is 0. The highest BCUT2D eigenvalue weighted by Gasteiger charge is 2.27. The quantitative estimate of drug-likeness (QED) is 0.671. The summed E-state index contributed by atoms with van der Waals surface area (Å²) in [5.41, 5.74) is 0. The van der Waals surface area contributed by atoms with Crippen LogP contribution in [0.5, 0.6) is 0 Å². The summed E-state index contributed by atoms with van der Waals surface area (Å²) in [5.74, 6) is 0.812. The Balaban J connectivity index is 1.86. The average molecular weight is 195 g/mol. The van der Waals surface area contributed by atoms with E-state index in [9.17, 15) is 0 Å². The Morgan fingerprint density at radius 2 is 2.00 bits per heavy atom. The third-order valence-corrected chi connectivity index (χ3v) is 3.56. The van der Waals surface area contributed by atoms with Gasteiger partial charge in [-0.15, -0.1) is 0 Å². The molecule has 0 N–H and O–H groups in total. The first-order valence-corrected chi connectivity index (χ1v) is 5.88. The molecular weight excluding hydrogens is 174 g/mol. The van der Waals surface area contributed by atoms with Gasteiger partial charge in [0.25, 0.3) is 0 Å². The average Bonchev–Trinajstić information content (AvgIpc) is 2.30. The van der Waals surface area contributed by atoms with E-state index in [0.717, 1.165) is 25.6 Å². The van der Waals surface area contributed by atoms with Crippen LogP contribution < -0.4 is 0 Å². The lowest BCUT2D eigenvalue weighted by Gasteiger charge is -2.37. The molecule has 0 aromatic rings. The molecule has 14 heavy (non-hydrogen) atoms.